The first-order valence-electron chi connectivity index (χ1n) is 6.65. The molecule has 0 aliphatic heterocycles. The molecule has 2 heteroatoms. The van der Waals surface area contributed by atoms with E-state index < -0.39 is 0 Å². The Bertz CT molecular complexity index is 351. The van der Waals surface area contributed by atoms with Gasteiger partial charge in [-0.05, 0) is 24.8 Å². The zero-order chi connectivity index (χ0) is 12.1. The van der Waals surface area contributed by atoms with Gasteiger partial charge in [0.1, 0.15) is 5.75 Å². The largest absolute Gasteiger partial charge is 0.496 e. The molecule has 0 heterocycles. The van der Waals surface area contributed by atoms with E-state index in [-0.39, 0.29) is 0 Å². The summed E-state index contributed by atoms with van der Waals surface area (Å²) in [6, 6.07) is 8.94. The molecule has 0 bridgehead atoms. The minimum Gasteiger partial charge on any atom is -0.496 e. The third kappa shape index (κ3) is 3.47. The zero-order valence-corrected chi connectivity index (χ0v) is 10.9. The van der Waals surface area contributed by atoms with Gasteiger partial charge in [0.05, 0.1) is 7.11 Å². The lowest BCUT2D eigenvalue weighted by Crippen LogP contribution is -2.33. The Morgan fingerprint density at radius 1 is 1.29 bits per heavy atom. The van der Waals surface area contributed by atoms with E-state index in [9.17, 15) is 0 Å². The number of para-hydroxylation sites is 1. The highest BCUT2D eigenvalue weighted by atomic mass is 16.5. The Labute approximate surface area is 104 Å². The van der Waals surface area contributed by atoms with E-state index in [2.05, 4.69) is 24.4 Å². The summed E-state index contributed by atoms with van der Waals surface area (Å²) < 4.78 is 5.37. The molecule has 1 fully saturated rings. The summed E-state index contributed by atoms with van der Waals surface area (Å²) in [6.07, 6.45) is 5.40. The van der Waals surface area contributed by atoms with Gasteiger partial charge in [0.25, 0.3) is 0 Å². The van der Waals surface area contributed by atoms with Gasteiger partial charge in [-0.3, -0.25) is 0 Å². The van der Waals surface area contributed by atoms with Crippen LogP contribution in [0.3, 0.4) is 0 Å². The summed E-state index contributed by atoms with van der Waals surface area (Å²) in [5, 5.41) is 3.66. The standard InChI is InChI=1S/C15H23NO/c1-12-6-5-8-14(10-12)16-11-13-7-3-4-9-15(13)17-2/h3-4,7,9,12,14,16H,5-6,8,10-11H2,1-2H3/t12-,14+/m1/s1. The normalized spacial score (nSPS) is 24.6. The Kier molecular flexibility index (Phi) is 4.43. The number of rotatable bonds is 4. The van der Waals surface area contributed by atoms with Gasteiger partial charge in [0, 0.05) is 18.2 Å². The molecule has 1 aliphatic carbocycles. The summed E-state index contributed by atoms with van der Waals surface area (Å²) in [5.41, 5.74) is 1.26. The fourth-order valence-electron chi connectivity index (χ4n) is 2.72. The molecule has 1 saturated carbocycles. The van der Waals surface area contributed by atoms with Gasteiger partial charge in [-0.15, -0.1) is 0 Å². The molecule has 0 unspecified atom stereocenters. The molecule has 94 valence electrons. The van der Waals surface area contributed by atoms with Crippen molar-refractivity contribution in [3.05, 3.63) is 29.8 Å². The topological polar surface area (TPSA) is 21.3 Å². The highest BCUT2D eigenvalue weighted by Gasteiger charge is 2.18. The van der Waals surface area contributed by atoms with Crippen LogP contribution in [0.5, 0.6) is 5.75 Å². The molecule has 0 amide bonds. The maximum atomic E-state index is 5.37. The van der Waals surface area contributed by atoms with E-state index in [0.29, 0.717) is 6.04 Å². The molecule has 1 aliphatic rings. The van der Waals surface area contributed by atoms with Crippen molar-refractivity contribution in [3.8, 4) is 5.75 Å². The van der Waals surface area contributed by atoms with Crippen molar-refractivity contribution in [1.29, 1.82) is 0 Å². The third-order valence-corrected chi connectivity index (χ3v) is 3.71. The number of benzene rings is 1. The van der Waals surface area contributed by atoms with Crippen LogP contribution in [0, 0.1) is 5.92 Å². The van der Waals surface area contributed by atoms with E-state index >= 15 is 0 Å². The summed E-state index contributed by atoms with van der Waals surface area (Å²) >= 11 is 0. The maximum Gasteiger partial charge on any atom is 0.123 e. The van der Waals surface area contributed by atoms with Gasteiger partial charge in [-0.1, -0.05) is 38.0 Å². The molecule has 2 atom stereocenters. The van der Waals surface area contributed by atoms with Gasteiger partial charge < -0.3 is 10.1 Å². The summed E-state index contributed by atoms with van der Waals surface area (Å²) in [6.45, 7) is 3.28. The first-order valence-corrected chi connectivity index (χ1v) is 6.65. The molecule has 0 aromatic heterocycles. The lowest BCUT2D eigenvalue weighted by molar-refractivity contribution is 0.299. The fraction of sp³-hybridized carbons (Fsp3) is 0.600. The molecule has 17 heavy (non-hydrogen) atoms. The van der Waals surface area contributed by atoms with Gasteiger partial charge in [0.2, 0.25) is 0 Å². The summed E-state index contributed by atoms with van der Waals surface area (Å²) in [5.74, 6) is 1.86. The molecule has 1 aromatic rings. The van der Waals surface area contributed by atoms with Gasteiger partial charge in [0.15, 0.2) is 0 Å². The number of hydrogen-bond donors (Lipinski definition) is 1. The first-order chi connectivity index (χ1) is 8.29. The molecular weight excluding hydrogens is 210 g/mol. The van der Waals surface area contributed by atoms with Crippen LogP contribution in [-0.2, 0) is 6.54 Å². The van der Waals surface area contributed by atoms with Crippen molar-refractivity contribution in [2.24, 2.45) is 5.92 Å². The smallest absolute Gasteiger partial charge is 0.123 e. The minimum atomic E-state index is 0.684. The van der Waals surface area contributed by atoms with Gasteiger partial charge >= 0.3 is 0 Å². The third-order valence-electron chi connectivity index (χ3n) is 3.71. The van der Waals surface area contributed by atoms with Crippen LogP contribution < -0.4 is 10.1 Å². The number of ether oxygens (including phenoxy) is 1. The molecule has 0 spiro atoms. The van der Waals surface area contributed by atoms with Crippen LogP contribution >= 0.6 is 0 Å². The van der Waals surface area contributed by atoms with Crippen molar-refractivity contribution in [2.75, 3.05) is 7.11 Å². The lowest BCUT2D eigenvalue weighted by Gasteiger charge is -2.27. The first kappa shape index (κ1) is 12.4. The van der Waals surface area contributed by atoms with Crippen LogP contribution in [0.4, 0.5) is 0 Å². The van der Waals surface area contributed by atoms with Gasteiger partial charge in [-0.25, -0.2) is 0 Å². The molecule has 2 nitrogen and oxygen atoms in total. The Morgan fingerprint density at radius 3 is 2.88 bits per heavy atom. The average Bonchev–Trinajstić information content (AvgIpc) is 2.37. The molecule has 1 aromatic carbocycles. The van der Waals surface area contributed by atoms with Crippen molar-refractivity contribution < 1.29 is 4.74 Å². The number of hydrogen-bond acceptors (Lipinski definition) is 2. The van der Waals surface area contributed by atoms with E-state index in [0.717, 1.165) is 18.2 Å². The SMILES string of the molecule is COc1ccccc1CN[C@H]1CCC[C@@H](C)C1. The Hall–Kier alpha value is -1.02. The van der Waals surface area contributed by atoms with Crippen LogP contribution in [0.25, 0.3) is 0 Å². The van der Waals surface area contributed by atoms with E-state index in [1.54, 1.807) is 7.11 Å². The Balaban J connectivity index is 1.88. The lowest BCUT2D eigenvalue weighted by atomic mass is 9.87. The second kappa shape index (κ2) is 6.06. The van der Waals surface area contributed by atoms with Gasteiger partial charge in [-0.2, -0.15) is 0 Å². The molecule has 0 saturated heterocycles. The predicted molar refractivity (Wildman–Crippen MR) is 71.3 cm³/mol. The van der Waals surface area contributed by atoms with E-state index in [4.69, 9.17) is 4.74 Å². The van der Waals surface area contributed by atoms with Crippen molar-refractivity contribution >= 4 is 0 Å². The fourth-order valence-corrected chi connectivity index (χ4v) is 2.72. The van der Waals surface area contributed by atoms with E-state index in [1.165, 1.54) is 31.2 Å². The van der Waals surface area contributed by atoms with Crippen LogP contribution in [-0.4, -0.2) is 13.2 Å². The monoisotopic (exact) mass is 233 g/mol. The molecular formula is C15H23NO. The van der Waals surface area contributed by atoms with Crippen LogP contribution in [0.2, 0.25) is 0 Å². The second-order valence-corrected chi connectivity index (χ2v) is 5.16. The summed E-state index contributed by atoms with van der Waals surface area (Å²) in [7, 11) is 1.74. The number of nitrogens with one attached hydrogen (secondary N) is 1. The molecule has 2 rings (SSSR count). The van der Waals surface area contributed by atoms with Crippen LogP contribution in [0.15, 0.2) is 24.3 Å². The highest BCUT2D eigenvalue weighted by molar-refractivity contribution is 5.33. The zero-order valence-electron chi connectivity index (χ0n) is 10.9. The van der Waals surface area contributed by atoms with Crippen molar-refractivity contribution in [1.82, 2.24) is 5.32 Å². The second-order valence-electron chi connectivity index (χ2n) is 5.16. The number of methoxy groups -OCH3 is 1. The van der Waals surface area contributed by atoms with Crippen LogP contribution in [0.1, 0.15) is 38.2 Å². The van der Waals surface area contributed by atoms with Crippen molar-refractivity contribution in [3.63, 3.8) is 0 Å². The molecule has 1 N–H and O–H groups in total. The quantitative estimate of drug-likeness (QED) is 0.861. The summed E-state index contributed by atoms with van der Waals surface area (Å²) in [4.78, 5) is 0. The van der Waals surface area contributed by atoms with Crippen molar-refractivity contribution in [2.45, 2.75) is 45.2 Å². The maximum absolute atomic E-state index is 5.37. The average molecular weight is 233 g/mol. The highest BCUT2D eigenvalue weighted by Crippen LogP contribution is 2.24. The molecule has 0 radical (unpaired) electrons. The van der Waals surface area contributed by atoms with E-state index in [1.807, 2.05) is 12.1 Å². The predicted octanol–water partition coefficient (Wildman–Crippen LogP) is 3.36. The minimum absolute atomic E-state index is 0.684. The Morgan fingerprint density at radius 2 is 2.12 bits per heavy atom.